The van der Waals surface area contributed by atoms with Crippen molar-refractivity contribution in [1.82, 2.24) is 10.6 Å². The van der Waals surface area contributed by atoms with Gasteiger partial charge in [0.1, 0.15) is 5.60 Å². The van der Waals surface area contributed by atoms with Gasteiger partial charge in [0.15, 0.2) is 0 Å². The van der Waals surface area contributed by atoms with Gasteiger partial charge in [0, 0.05) is 19.7 Å². The van der Waals surface area contributed by atoms with E-state index in [9.17, 15) is 4.79 Å². The third-order valence-electron chi connectivity index (χ3n) is 3.41. The minimum absolute atomic E-state index is 0.338. The fraction of sp³-hybridized carbons (Fsp3) is 0.933. The first-order chi connectivity index (χ1) is 9.40. The van der Waals surface area contributed by atoms with E-state index in [4.69, 9.17) is 9.47 Å². The summed E-state index contributed by atoms with van der Waals surface area (Å²) in [5.41, 5.74) is -0.431. The lowest BCUT2D eigenvalue weighted by Gasteiger charge is -2.29. The van der Waals surface area contributed by atoms with E-state index < -0.39 is 5.60 Å². The van der Waals surface area contributed by atoms with Crippen molar-refractivity contribution in [3.05, 3.63) is 0 Å². The van der Waals surface area contributed by atoms with E-state index in [0.717, 1.165) is 19.4 Å². The first kappa shape index (κ1) is 17.2. The monoisotopic (exact) mass is 286 g/mol. The SMILES string of the molecule is COC1CCCC(NCCCNC(=O)OC(C)(C)C)C1. The molecule has 2 N–H and O–H groups in total. The Morgan fingerprint density at radius 3 is 2.65 bits per heavy atom. The maximum absolute atomic E-state index is 11.4. The van der Waals surface area contributed by atoms with Gasteiger partial charge in [-0.1, -0.05) is 0 Å². The molecule has 1 rings (SSSR count). The molecule has 0 aliphatic heterocycles. The van der Waals surface area contributed by atoms with Gasteiger partial charge in [0.2, 0.25) is 0 Å². The molecule has 2 atom stereocenters. The van der Waals surface area contributed by atoms with Crippen LogP contribution in [0.4, 0.5) is 4.79 Å². The molecule has 0 aromatic carbocycles. The lowest BCUT2D eigenvalue weighted by atomic mass is 9.93. The van der Waals surface area contributed by atoms with Crippen LogP contribution in [0, 0.1) is 0 Å². The summed E-state index contributed by atoms with van der Waals surface area (Å²) in [5, 5.41) is 6.31. The number of hydrogen-bond donors (Lipinski definition) is 2. The van der Waals surface area contributed by atoms with Gasteiger partial charge in [0.05, 0.1) is 6.10 Å². The van der Waals surface area contributed by atoms with E-state index in [1.807, 2.05) is 20.8 Å². The van der Waals surface area contributed by atoms with Crippen molar-refractivity contribution in [2.24, 2.45) is 0 Å². The van der Waals surface area contributed by atoms with Crippen LogP contribution in [0.25, 0.3) is 0 Å². The Labute approximate surface area is 122 Å². The largest absolute Gasteiger partial charge is 0.444 e. The quantitative estimate of drug-likeness (QED) is 0.736. The molecule has 1 fully saturated rings. The summed E-state index contributed by atoms with van der Waals surface area (Å²) in [6.45, 7) is 7.15. The van der Waals surface area contributed by atoms with Crippen LogP contribution >= 0.6 is 0 Å². The second-order valence-electron chi connectivity index (χ2n) is 6.46. The van der Waals surface area contributed by atoms with Crippen molar-refractivity contribution in [3.8, 4) is 0 Å². The highest BCUT2D eigenvalue weighted by Gasteiger charge is 2.20. The molecule has 0 heterocycles. The van der Waals surface area contributed by atoms with Gasteiger partial charge >= 0.3 is 6.09 Å². The molecule has 20 heavy (non-hydrogen) atoms. The molecule has 118 valence electrons. The van der Waals surface area contributed by atoms with Crippen molar-refractivity contribution >= 4 is 6.09 Å². The van der Waals surface area contributed by atoms with E-state index in [0.29, 0.717) is 18.7 Å². The van der Waals surface area contributed by atoms with Crippen LogP contribution in [0.3, 0.4) is 0 Å². The molecular weight excluding hydrogens is 256 g/mol. The average molecular weight is 286 g/mol. The van der Waals surface area contributed by atoms with Gasteiger partial charge in [-0.2, -0.15) is 0 Å². The van der Waals surface area contributed by atoms with Gasteiger partial charge in [-0.25, -0.2) is 4.79 Å². The number of carbonyl (C=O) groups is 1. The molecule has 1 aliphatic carbocycles. The van der Waals surface area contributed by atoms with Gasteiger partial charge in [-0.15, -0.1) is 0 Å². The smallest absolute Gasteiger partial charge is 0.407 e. The second kappa shape index (κ2) is 8.47. The van der Waals surface area contributed by atoms with Crippen molar-refractivity contribution in [2.75, 3.05) is 20.2 Å². The molecule has 0 bridgehead atoms. The Kier molecular flexibility index (Phi) is 7.30. The summed E-state index contributed by atoms with van der Waals surface area (Å²) in [5.74, 6) is 0. The Morgan fingerprint density at radius 2 is 2.00 bits per heavy atom. The standard InChI is InChI=1S/C15H30N2O3/c1-15(2,3)20-14(18)17-10-6-9-16-12-7-5-8-13(11-12)19-4/h12-13,16H,5-11H2,1-4H3,(H,17,18). The molecule has 2 unspecified atom stereocenters. The third kappa shape index (κ3) is 7.70. The maximum atomic E-state index is 11.4. The minimum atomic E-state index is -0.431. The number of ether oxygens (including phenoxy) is 2. The van der Waals surface area contributed by atoms with Crippen LogP contribution in [-0.4, -0.2) is 44.0 Å². The predicted molar refractivity (Wildman–Crippen MR) is 79.9 cm³/mol. The summed E-state index contributed by atoms with van der Waals surface area (Å²) in [7, 11) is 1.79. The fourth-order valence-corrected chi connectivity index (χ4v) is 2.44. The van der Waals surface area contributed by atoms with Gasteiger partial charge in [0.25, 0.3) is 0 Å². The topological polar surface area (TPSA) is 59.6 Å². The Bertz CT molecular complexity index is 289. The van der Waals surface area contributed by atoms with Crippen LogP contribution < -0.4 is 10.6 Å². The number of carbonyl (C=O) groups excluding carboxylic acids is 1. The fourth-order valence-electron chi connectivity index (χ4n) is 2.44. The summed E-state index contributed by atoms with van der Waals surface area (Å²) in [6.07, 6.45) is 5.69. The van der Waals surface area contributed by atoms with Gasteiger partial charge in [-0.3, -0.25) is 0 Å². The molecule has 1 amide bonds. The Balaban J connectivity index is 2.03. The summed E-state index contributed by atoms with van der Waals surface area (Å²) < 4.78 is 10.6. The number of nitrogens with one attached hydrogen (secondary N) is 2. The highest BCUT2D eigenvalue weighted by Crippen LogP contribution is 2.20. The average Bonchev–Trinajstić information content (AvgIpc) is 2.36. The lowest BCUT2D eigenvalue weighted by Crippen LogP contribution is -2.38. The highest BCUT2D eigenvalue weighted by atomic mass is 16.6. The molecule has 1 saturated carbocycles. The molecule has 5 nitrogen and oxygen atoms in total. The maximum Gasteiger partial charge on any atom is 0.407 e. The van der Waals surface area contributed by atoms with Gasteiger partial charge < -0.3 is 20.1 Å². The van der Waals surface area contributed by atoms with Crippen LogP contribution in [0.15, 0.2) is 0 Å². The van der Waals surface area contributed by atoms with E-state index in [2.05, 4.69) is 10.6 Å². The van der Waals surface area contributed by atoms with Crippen LogP contribution in [0.5, 0.6) is 0 Å². The molecule has 5 heteroatoms. The Hall–Kier alpha value is -0.810. The molecule has 1 aliphatic rings. The third-order valence-corrected chi connectivity index (χ3v) is 3.41. The van der Waals surface area contributed by atoms with Crippen molar-refractivity contribution in [1.29, 1.82) is 0 Å². The van der Waals surface area contributed by atoms with E-state index in [1.54, 1.807) is 7.11 Å². The van der Waals surface area contributed by atoms with E-state index >= 15 is 0 Å². The first-order valence-corrected chi connectivity index (χ1v) is 7.64. The van der Waals surface area contributed by atoms with Gasteiger partial charge in [-0.05, 0) is 59.4 Å². The summed E-state index contributed by atoms with van der Waals surface area (Å²) in [4.78, 5) is 11.4. The number of alkyl carbamates (subject to hydrolysis) is 1. The number of methoxy groups -OCH3 is 1. The zero-order chi connectivity index (χ0) is 15.0. The number of amides is 1. The van der Waals surface area contributed by atoms with E-state index in [1.165, 1.54) is 19.3 Å². The molecule has 0 aromatic heterocycles. The van der Waals surface area contributed by atoms with Crippen molar-refractivity contribution < 1.29 is 14.3 Å². The molecule has 0 spiro atoms. The molecule has 0 aromatic rings. The molecule has 0 radical (unpaired) electrons. The van der Waals surface area contributed by atoms with Crippen LogP contribution in [0.1, 0.15) is 52.9 Å². The second-order valence-corrected chi connectivity index (χ2v) is 6.46. The summed E-state index contributed by atoms with van der Waals surface area (Å²) >= 11 is 0. The van der Waals surface area contributed by atoms with Crippen LogP contribution in [0.2, 0.25) is 0 Å². The summed E-state index contributed by atoms with van der Waals surface area (Å²) in [6, 6.07) is 0.551. The highest BCUT2D eigenvalue weighted by molar-refractivity contribution is 5.67. The van der Waals surface area contributed by atoms with Crippen molar-refractivity contribution in [3.63, 3.8) is 0 Å². The van der Waals surface area contributed by atoms with Crippen LogP contribution in [-0.2, 0) is 9.47 Å². The molecule has 0 saturated heterocycles. The zero-order valence-electron chi connectivity index (χ0n) is 13.3. The molecular formula is C15H30N2O3. The first-order valence-electron chi connectivity index (χ1n) is 7.64. The predicted octanol–water partition coefficient (Wildman–Crippen LogP) is 2.45. The number of rotatable bonds is 6. The Morgan fingerprint density at radius 1 is 1.25 bits per heavy atom. The normalized spacial score (nSPS) is 23.4. The lowest BCUT2D eigenvalue weighted by molar-refractivity contribution is 0.0526. The zero-order valence-corrected chi connectivity index (χ0v) is 13.3. The van der Waals surface area contributed by atoms with Crippen molar-refractivity contribution in [2.45, 2.75) is 70.6 Å². The minimum Gasteiger partial charge on any atom is -0.444 e. The van der Waals surface area contributed by atoms with E-state index in [-0.39, 0.29) is 6.09 Å². The number of hydrogen-bond acceptors (Lipinski definition) is 4.